The summed E-state index contributed by atoms with van der Waals surface area (Å²) < 4.78 is 41.5. The van der Waals surface area contributed by atoms with Crippen LogP contribution in [0.1, 0.15) is 16.1 Å². The molecule has 0 saturated carbocycles. The number of alkyl halides is 3. The van der Waals surface area contributed by atoms with Crippen LogP contribution in [0.4, 0.5) is 18.9 Å². The normalized spacial score (nSPS) is 11.5. The van der Waals surface area contributed by atoms with Crippen LogP contribution in [-0.4, -0.2) is 15.7 Å². The molecule has 0 aliphatic carbocycles. The highest BCUT2D eigenvalue weighted by Crippen LogP contribution is 2.34. The van der Waals surface area contributed by atoms with Crippen molar-refractivity contribution in [1.82, 2.24) is 9.78 Å². The minimum absolute atomic E-state index is 0.0921. The average molecular weight is 435 g/mol. The summed E-state index contributed by atoms with van der Waals surface area (Å²) in [6.45, 7) is 0. The van der Waals surface area contributed by atoms with E-state index in [4.69, 9.17) is 34.8 Å². The number of amides is 1. The molecule has 3 aromatic rings. The van der Waals surface area contributed by atoms with Gasteiger partial charge in [0.25, 0.3) is 5.91 Å². The Balaban J connectivity index is 2.02. The van der Waals surface area contributed by atoms with Crippen molar-refractivity contribution in [2.45, 2.75) is 6.18 Å². The van der Waals surface area contributed by atoms with E-state index in [1.165, 1.54) is 42.5 Å². The molecule has 140 valence electrons. The fourth-order valence-electron chi connectivity index (χ4n) is 2.35. The van der Waals surface area contributed by atoms with Crippen LogP contribution in [0.5, 0.6) is 0 Å². The van der Waals surface area contributed by atoms with E-state index in [0.717, 1.165) is 6.20 Å². The van der Waals surface area contributed by atoms with Crippen LogP contribution in [0.15, 0.2) is 48.7 Å². The first-order valence-electron chi connectivity index (χ1n) is 7.34. The van der Waals surface area contributed by atoms with Gasteiger partial charge in [-0.05, 0) is 42.5 Å². The molecule has 0 saturated heterocycles. The van der Waals surface area contributed by atoms with Crippen molar-refractivity contribution < 1.29 is 18.0 Å². The van der Waals surface area contributed by atoms with Crippen molar-refractivity contribution in [3.63, 3.8) is 0 Å². The van der Waals surface area contributed by atoms with Crippen molar-refractivity contribution in [3.8, 4) is 5.69 Å². The summed E-state index contributed by atoms with van der Waals surface area (Å²) in [4.78, 5) is 12.4. The average Bonchev–Trinajstić information content (AvgIpc) is 3.03. The number of benzene rings is 2. The van der Waals surface area contributed by atoms with Crippen molar-refractivity contribution in [3.05, 3.63) is 75.0 Å². The summed E-state index contributed by atoms with van der Waals surface area (Å²) in [6.07, 6.45) is -3.98. The third kappa shape index (κ3) is 4.21. The van der Waals surface area contributed by atoms with E-state index in [-0.39, 0.29) is 16.4 Å². The number of aromatic nitrogens is 2. The molecule has 0 bridgehead atoms. The molecule has 1 heterocycles. The molecule has 3 rings (SSSR count). The number of carbonyl (C=O) groups is 1. The van der Waals surface area contributed by atoms with Gasteiger partial charge in [-0.1, -0.05) is 34.8 Å². The van der Waals surface area contributed by atoms with Crippen molar-refractivity contribution in [2.24, 2.45) is 0 Å². The van der Waals surface area contributed by atoms with Gasteiger partial charge >= 0.3 is 6.18 Å². The van der Waals surface area contributed by atoms with Gasteiger partial charge in [0.05, 0.1) is 28.2 Å². The third-order valence-electron chi connectivity index (χ3n) is 3.53. The second-order valence-corrected chi connectivity index (χ2v) is 6.65. The van der Waals surface area contributed by atoms with Gasteiger partial charge in [-0.3, -0.25) is 4.79 Å². The smallest absolute Gasteiger partial charge is 0.321 e. The first-order valence-corrected chi connectivity index (χ1v) is 8.48. The summed E-state index contributed by atoms with van der Waals surface area (Å²) in [5.41, 5.74) is -1.63. The second-order valence-electron chi connectivity index (χ2n) is 5.37. The zero-order chi connectivity index (χ0) is 19.8. The number of hydrogen-bond donors (Lipinski definition) is 1. The molecular formula is C17H9Cl3F3N3O. The molecule has 1 amide bonds. The highest BCUT2D eigenvalue weighted by atomic mass is 35.5. The largest absolute Gasteiger partial charge is 0.434 e. The summed E-state index contributed by atoms with van der Waals surface area (Å²) in [5.74, 6) is -1.01. The zero-order valence-electron chi connectivity index (χ0n) is 13.2. The SMILES string of the molecule is O=C(Nc1ccc(Cl)cc1Cl)c1cnn(-c2ccc(Cl)cc2)c1C(F)(F)F. The fourth-order valence-corrected chi connectivity index (χ4v) is 2.93. The van der Waals surface area contributed by atoms with Crippen LogP contribution in [0.2, 0.25) is 15.1 Å². The number of nitrogens with one attached hydrogen (secondary N) is 1. The minimum atomic E-state index is -4.83. The highest BCUT2D eigenvalue weighted by molar-refractivity contribution is 6.36. The monoisotopic (exact) mass is 433 g/mol. The molecule has 0 radical (unpaired) electrons. The zero-order valence-corrected chi connectivity index (χ0v) is 15.5. The maximum atomic E-state index is 13.6. The quantitative estimate of drug-likeness (QED) is 0.541. The Bertz CT molecular complexity index is 1000. The molecule has 1 N–H and O–H groups in total. The van der Waals surface area contributed by atoms with Gasteiger partial charge < -0.3 is 5.32 Å². The standard InChI is InChI=1S/C17H9Cl3F3N3O/c18-9-1-4-11(5-2-9)26-15(17(21,22)23)12(8-24-26)16(27)25-14-6-3-10(19)7-13(14)20/h1-8H,(H,25,27). The molecule has 0 aliphatic rings. The predicted octanol–water partition coefficient (Wildman–Crippen LogP) is 6.10. The molecule has 0 fully saturated rings. The summed E-state index contributed by atoms with van der Waals surface area (Å²) >= 11 is 17.5. The molecule has 0 atom stereocenters. The van der Waals surface area contributed by atoms with Crippen molar-refractivity contribution in [1.29, 1.82) is 0 Å². The topological polar surface area (TPSA) is 46.9 Å². The van der Waals surface area contributed by atoms with Crippen LogP contribution in [-0.2, 0) is 6.18 Å². The Labute approximate surface area is 166 Å². The molecule has 0 aliphatic heterocycles. The van der Waals surface area contributed by atoms with Crippen LogP contribution in [0.25, 0.3) is 5.69 Å². The maximum Gasteiger partial charge on any atom is 0.434 e. The van der Waals surface area contributed by atoms with E-state index in [1.807, 2.05) is 0 Å². The van der Waals surface area contributed by atoms with E-state index in [0.29, 0.717) is 14.7 Å². The van der Waals surface area contributed by atoms with Gasteiger partial charge in [0.2, 0.25) is 0 Å². The molecular weight excluding hydrogens is 426 g/mol. The summed E-state index contributed by atoms with van der Waals surface area (Å²) in [7, 11) is 0. The number of hydrogen-bond acceptors (Lipinski definition) is 2. The van der Waals surface area contributed by atoms with E-state index in [2.05, 4.69) is 10.4 Å². The molecule has 27 heavy (non-hydrogen) atoms. The Kier molecular flexibility index (Phi) is 5.37. The van der Waals surface area contributed by atoms with Crippen LogP contribution >= 0.6 is 34.8 Å². The predicted molar refractivity (Wildman–Crippen MR) is 98.0 cm³/mol. The Morgan fingerprint density at radius 1 is 1.00 bits per heavy atom. The van der Waals surface area contributed by atoms with Gasteiger partial charge in [-0.2, -0.15) is 18.3 Å². The number of rotatable bonds is 3. The molecule has 0 unspecified atom stereocenters. The van der Waals surface area contributed by atoms with E-state index < -0.39 is 23.3 Å². The number of carbonyl (C=O) groups excluding carboxylic acids is 1. The Morgan fingerprint density at radius 2 is 1.63 bits per heavy atom. The fraction of sp³-hybridized carbons (Fsp3) is 0.0588. The molecule has 4 nitrogen and oxygen atoms in total. The van der Waals surface area contributed by atoms with Gasteiger partial charge in [-0.15, -0.1) is 0 Å². The lowest BCUT2D eigenvalue weighted by molar-refractivity contribution is -0.143. The van der Waals surface area contributed by atoms with Crippen LogP contribution in [0.3, 0.4) is 0 Å². The van der Waals surface area contributed by atoms with Gasteiger partial charge in [0.1, 0.15) is 0 Å². The molecule has 10 heteroatoms. The Morgan fingerprint density at radius 3 is 2.22 bits per heavy atom. The van der Waals surface area contributed by atoms with Gasteiger partial charge in [-0.25, -0.2) is 4.68 Å². The maximum absolute atomic E-state index is 13.6. The lowest BCUT2D eigenvalue weighted by Gasteiger charge is -2.13. The molecule has 0 spiro atoms. The third-order valence-corrected chi connectivity index (χ3v) is 4.33. The minimum Gasteiger partial charge on any atom is -0.321 e. The summed E-state index contributed by atoms with van der Waals surface area (Å²) in [6, 6.07) is 9.77. The van der Waals surface area contributed by atoms with E-state index in [9.17, 15) is 18.0 Å². The van der Waals surface area contributed by atoms with Gasteiger partial charge in [0, 0.05) is 10.0 Å². The first-order chi connectivity index (χ1) is 12.7. The highest BCUT2D eigenvalue weighted by Gasteiger charge is 2.40. The number of halogens is 6. The van der Waals surface area contributed by atoms with Crippen LogP contribution in [0, 0.1) is 0 Å². The Hall–Kier alpha value is -2.22. The van der Waals surface area contributed by atoms with E-state index in [1.54, 1.807) is 0 Å². The first kappa shape index (κ1) is 19.5. The number of anilines is 1. The van der Waals surface area contributed by atoms with Crippen LogP contribution < -0.4 is 5.32 Å². The summed E-state index contributed by atoms with van der Waals surface area (Å²) in [5, 5.41) is 6.83. The van der Waals surface area contributed by atoms with Gasteiger partial charge in [0.15, 0.2) is 5.69 Å². The van der Waals surface area contributed by atoms with Crippen molar-refractivity contribution >= 4 is 46.4 Å². The lowest BCUT2D eigenvalue weighted by atomic mass is 10.2. The van der Waals surface area contributed by atoms with Crippen molar-refractivity contribution in [2.75, 3.05) is 5.32 Å². The number of nitrogens with zero attached hydrogens (tertiary/aromatic N) is 2. The lowest BCUT2D eigenvalue weighted by Crippen LogP contribution is -2.20. The molecule has 1 aromatic heterocycles. The second kappa shape index (κ2) is 7.42. The van der Waals surface area contributed by atoms with E-state index >= 15 is 0 Å². The molecule has 2 aromatic carbocycles.